The Kier molecular flexibility index (Phi) is 4.53. The summed E-state index contributed by atoms with van der Waals surface area (Å²) in [6.07, 6.45) is 0.161. The van der Waals surface area contributed by atoms with Gasteiger partial charge in [-0.1, -0.05) is 18.2 Å². The van der Waals surface area contributed by atoms with Crippen LogP contribution in [-0.4, -0.2) is 20.8 Å². The fourth-order valence-corrected chi connectivity index (χ4v) is 3.06. The van der Waals surface area contributed by atoms with E-state index in [0.717, 1.165) is 21.4 Å². The molecule has 0 spiro atoms. The van der Waals surface area contributed by atoms with Crippen LogP contribution in [0, 0.1) is 12.7 Å². The first-order valence-electron chi connectivity index (χ1n) is 8.83. The summed E-state index contributed by atoms with van der Waals surface area (Å²) in [6, 6.07) is 18.6. The average molecular weight is 375 g/mol. The van der Waals surface area contributed by atoms with Gasteiger partial charge in [0.2, 0.25) is 5.91 Å². The van der Waals surface area contributed by atoms with Crippen LogP contribution >= 0.6 is 0 Å². The van der Waals surface area contributed by atoms with Crippen molar-refractivity contribution in [3.63, 3.8) is 0 Å². The molecule has 3 aromatic carbocycles. The van der Waals surface area contributed by atoms with Crippen LogP contribution in [0.1, 0.15) is 11.1 Å². The average Bonchev–Trinajstić information content (AvgIpc) is 3.00. The number of nitrogens with one attached hydrogen (secondary N) is 1. The Labute approximate surface area is 161 Å². The third-order valence-corrected chi connectivity index (χ3v) is 4.49. The number of imidazole rings is 1. The van der Waals surface area contributed by atoms with Crippen LogP contribution in [0.25, 0.3) is 22.4 Å². The van der Waals surface area contributed by atoms with E-state index in [1.165, 1.54) is 12.1 Å². The predicted molar refractivity (Wildman–Crippen MR) is 106 cm³/mol. The van der Waals surface area contributed by atoms with E-state index in [0.29, 0.717) is 22.5 Å². The lowest BCUT2D eigenvalue weighted by Crippen LogP contribution is -2.14. The summed E-state index contributed by atoms with van der Waals surface area (Å²) in [4.78, 5) is 16.6. The van der Waals surface area contributed by atoms with Crippen molar-refractivity contribution in [2.75, 3.05) is 5.32 Å². The largest absolute Gasteiger partial charge is 0.426 e. The summed E-state index contributed by atoms with van der Waals surface area (Å²) in [5.41, 5.74) is 4.49. The van der Waals surface area contributed by atoms with Gasteiger partial charge in [0.15, 0.2) is 5.82 Å². The highest BCUT2D eigenvalue weighted by Crippen LogP contribution is 2.25. The first-order valence-corrected chi connectivity index (χ1v) is 8.83. The van der Waals surface area contributed by atoms with Crippen molar-refractivity contribution >= 4 is 22.6 Å². The SMILES string of the molecule is Cc1ccc2nc(-c3ccc(NC(=O)Cc4ccc(F)cc4)cc3)n(O)c2c1. The fourth-order valence-electron chi connectivity index (χ4n) is 3.06. The predicted octanol–water partition coefficient (Wildman–Crippen LogP) is 4.57. The first kappa shape index (κ1) is 17.7. The summed E-state index contributed by atoms with van der Waals surface area (Å²) in [5.74, 6) is -0.0844. The number of nitrogens with zero attached hydrogens (tertiary/aromatic N) is 2. The van der Waals surface area contributed by atoms with Crippen LogP contribution in [0.4, 0.5) is 10.1 Å². The Morgan fingerprint density at radius 1 is 1.07 bits per heavy atom. The lowest BCUT2D eigenvalue weighted by atomic mass is 10.1. The highest BCUT2D eigenvalue weighted by Gasteiger charge is 2.12. The van der Waals surface area contributed by atoms with Gasteiger partial charge in [-0.2, -0.15) is 4.73 Å². The van der Waals surface area contributed by atoms with E-state index in [-0.39, 0.29) is 18.1 Å². The molecule has 1 amide bonds. The fraction of sp³-hybridized carbons (Fsp3) is 0.0909. The minimum absolute atomic E-state index is 0.161. The van der Waals surface area contributed by atoms with Crippen LogP contribution in [0.5, 0.6) is 0 Å². The monoisotopic (exact) mass is 375 g/mol. The molecule has 0 saturated heterocycles. The molecule has 0 atom stereocenters. The van der Waals surface area contributed by atoms with Crippen LogP contribution in [0.3, 0.4) is 0 Å². The minimum atomic E-state index is -0.329. The number of carbonyl (C=O) groups is 1. The molecule has 6 heteroatoms. The summed E-state index contributed by atoms with van der Waals surface area (Å²) in [6.45, 7) is 1.95. The smallest absolute Gasteiger partial charge is 0.228 e. The molecular formula is C22H18FN3O2. The Hall–Kier alpha value is -3.67. The van der Waals surface area contributed by atoms with Gasteiger partial charge < -0.3 is 10.5 Å². The summed E-state index contributed by atoms with van der Waals surface area (Å²) in [7, 11) is 0. The molecule has 140 valence electrons. The minimum Gasteiger partial charge on any atom is -0.426 e. The quantitative estimate of drug-likeness (QED) is 0.514. The van der Waals surface area contributed by atoms with E-state index in [9.17, 15) is 14.4 Å². The number of halogens is 1. The maximum Gasteiger partial charge on any atom is 0.228 e. The van der Waals surface area contributed by atoms with Gasteiger partial charge in [-0.05, 0) is 66.6 Å². The second kappa shape index (κ2) is 7.15. The standard InChI is InChI=1S/C22H18FN3O2/c1-14-2-11-19-20(12-14)26(28)22(25-19)16-5-9-18(10-6-16)24-21(27)13-15-3-7-17(23)8-4-15/h2-12,28H,13H2,1H3,(H,24,27). The summed E-state index contributed by atoms with van der Waals surface area (Å²) >= 11 is 0. The van der Waals surface area contributed by atoms with Gasteiger partial charge in [0.25, 0.3) is 0 Å². The highest BCUT2D eigenvalue weighted by atomic mass is 19.1. The number of rotatable bonds is 4. The number of carbonyl (C=O) groups excluding carboxylic acids is 1. The Balaban J connectivity index is 1.50. The van der Waals surface area contributed by atoms with Crippen molar-refractivity contribution in [1.29, 1.82) is 0 Å². The molecule has 0 unspecified atom stereocenters. The van der Waals surface area contributed by atoms with Crippen molar-refractivity contribution in [2.45, 2.75) is 13.3 Å². The maximum absolute atomic E-state index is 12.9. The number of aryl methyl sites for hydroxylation is 1. The topological polar surface area (TPSA) is 67.2 Å². The van der Waals surface area contributed by atoms with E-state index in [2.05, 4.69) is 10.3 Å². The molecule has 5 nitrogen and oxygen atoms in total. The van der Waals surface area contributed by atoms with E-state index >= 15 is 0 Å². The van der Waals surface area contributed by atoms with Crippen molar-refractivity contribution in [1.82, 2.24) is 9.71 Å². The zero-order chi connectivity index (χ0) is 19.7. The Bertz CT molecular complexity index is 1150. The van der Waals surface area contributed by atoms with Crippen LogP contribution in [0.15, 0.2) is 66.7 Å². The Morgan fingerprint density at radius 2 is 1.79 bits per heavy atom. The number of anilines is 1. The summed E-state index contributed by atoms with van der Waals surface area (Å²) < 4.78 is 14.0. The highest BCUT2D eigenvalue weighted by molar-refractivity contribution is 5.92. The number of hydrogen-bond acceptors (Lipinski definition) is 3. The molecule has 1 heterocycles. The van der Waals surface area contributed by atoms with E-state index in [4.69, 9.17) is 0 Å². The lowest BCUT2D eigenvalue weighted by molar-refractivity contribution is -0.115. The second-order valence-corrected chi connectivity index (χ2v) is 6.67. The second-order valence-electron chi connectivity index (χ2n) is 6.67. The molecule has 0 aliphatic carbocycles. The number of hydrogen-bond donors (Lipinski definition) is 2. The van der Waals surface area contributed by atoms with Gasteiger partial charge in [-0.15, -0.1) is 0 Å². The van der Waals surface area contributed by atoms with E-state index in [1.54, 1.807) is 36.4 Å². The molecule has 0 bridgehead atoms. The molecular weight excluding hydrogens is 357 g/mol. The van der Waals surface area contributed by atoms with Crippen molar-refractivity contribution < 1.29 is 14.4 Å². The molecule has 0 aliphatic heterocycles. The molecule has 28 heavy (non-hydrogen) atoms. The third kappa shape index (κ3) is 3.57. The number of amides is 1. The van der Waals surface area contributed by atoms with Crippen molar-refractivity contribution in [3.8, 4) is 11.4 Å². The number of benzene rings is 3. The van der Waals surface area contributed by atoms with Gasteiger partial charge in [0.1, 0.15) is 11.3 Å². The molecule has 0 fully saturated rings. The molecule has 4 rings (SSSR count). The number of aromatic nitrogens is 2. The van der Waals surface area contributed by atoms with Gasteiger partial charge in [-0.25, -0.2) is 9.37 Å². The molecule has 1 aromatic heterocycles. The van der Waals surface area contributed by atoms with Crippen LogP contribution in [-0.2, 0) is 11.2 Å². The van der Waals surface area contributed by atoms with Crippen molar-refractivity contribution in [3.05, 3.63) is 83.7 Å². The zero-order valence-corrected chi connectivity index (χ0v) is 15.2. The Morgan fingerprint density at radius 3 is 2.50 bits per heavy atom. The molecule has 0 aliphatic rings. The maximum atomic E-state index is 12.9. The van der Waals surface area contributed by atoms with Gasteiger partial charge in [0, 0.05) is 11.3 Å². The van der Waals surface area contributed by atoms with Gasteiger partial charge in [0.05, 0.1) is 11.9 Å². The van der Waals surface area contributed by atoms with Gasteiger partial charge >= 0.3 is 0 Å². The zero-order valence-electron chi connectivity index (χ0n) is 15.2. The van der Waals surface area contributed by atoms with Crippen LogP contribution < -0.4 is 5.32 Å². The van der Waals surface area contributed by atoms with Gasteiger partial charge in [-0.3, -0.25) is 4.79 Å². The third-order valence-electron chi connectivity index (χ3n) is 4.49. The van der Waals surface area contributed by atoms with E-state index < -0.39 is 0 Å². The normalized spacial score (nSPS) is 10.9. The first-order chi connectivity index (χ1) is 13.5. The van der Waals surface area contributed by atoms with Crippen LogP contribution in [0.2, 0.25) is 0 Å². The molecule has 0 saturated carbocycles. The molecule has 4 aromatic rings. The summed E-state index contributed by atoms with van der Waals surface area (Å²) in [5, 5.41) is 13.2. The van der Waals surface area contributed by atoms with Crippen molar-refractivity contribution in [2.24, 2.45) is 0 Å². The van der Waals surface area contributed by atoms with E-state index in [1.807, 2.05) is 25.1 Å². The lowest BCUT2D eigenvalue weighted by Gasteiger charge is -2.07. The number of fused-ring (bicyclic) bond motifs is 1. The molecule has 0 radical (unpaired) electrons. The molecule has 2 N–H and O–H groups in total.